The van der Waals surface area contributed by atoms with Crippen molar-refractivity contribution in [2.24, 2.45) is 0 Å². The highest BCUT2D eigenvalue weighted by Gasteiger charge is 2.17. The Labute approximate surface area is 165 Å². The molecule has 3 heterocycles. The summed E-state index contributed by atoms with van der Waals surface area (Å²) in [5.41, 5.74) is 3.98. The molecule has 3 aromatic heterocycles. The van der Waals surface area contributed by atoms with Gasteiger partial charge in [-0.25, -0.2) is 15.0 Å². The zero-order chi connectivity index (χ0) is 19.3. The van der Waals surface area contributed by atoms with Gasteiger partial charge in [0.25, 0.3) is 0 Å². The number of pyridine rings is 2. The Morgan fingerprint density at radius 1 is 1.07 bits per heavy atom. The van der Waals surface area contributed by atoms with Crippen molar-refractivity contribution in [1.29, 1.82) is 0 Å². The van der Waals surface area contributed by atoms with Gasteiger partial charge in [0.15, 0.2) is 5.82 Å². The average molecular weight is 375 g/mol. The number of anilines is 1. The summed E-state index contributed by atoms with van der Waals surface area (Å²) in [4.78, 5) is 17.9. The normalized spacial score (nSPS) is 14.2. The molecule has 6 nitrogen and oxygen atoms in total. The first-order valence-corrected chi connectivity index (χ1v) is 9.80. The van der Waals surface area contributed by atoms with Gasteiger partial charge in [-0.1, -0.05) is 6.07 Å². The predicted molar refractivity (Wildman–Crippen MR) is 109 cm³/mol. The minimum absolute atomic E-state index is 0.328. The molecule has 1 aliphatic rings. The van der Waals surface area contributed by atoms with E-state index < -0.39 is 0 Å². The van der Waals surface area contributed by atoms with Crippen LogP contribution in [0.25, 0.3) is 11.4 Å². The van der Waals surface area contributed by atoms with Gasteiger partial charge in [0, 0.05) is 48.0 Å². The highest BCUT2D eigenvalue weighted by Crippen LogP contribution is 2.24. The maximum atomic E-state index is 5.93. The van der Waals surface area contributed by atoms with Gasteiger partial charge in [0.1, 0.15) is 11.9 Å². The molecule has 0 spiro atoms. The van der Waals surface area contributed by atoms with Crippen LogP contribution in [0, 0.1) is 13.8 Å². The third-order valence-electron chi connectivity index (χ3n) is 5.16. The number of ether oxygens (including phenoxy) is 1. The molecule has 0 aromatic carbocycles. The molecule has 4 rings (SSSR count). The molecule has 1 N–H and O–H groups in total. The molecular formula is C22H25N5O. The Hall–Kier alpha value is -3.02. The van der Waals surface area contributed by atoms with Gasteiger partial charge >= 0.3 is 0 Å². The van der Waals surface area contributed by atoms with Crippen molar-refractivity contribution in [3.05, 3.63) is 59.7 Å². The van der Waals surface area contributed by atoms with Crippen molar-refractivity contribution in [1.82, 2.24) is 19.9 Å². The Bertz CT molecular complexity index is 922. The molecule has 0 radical (unpaired) electrons. The maximum Gasteiger partial charge on any atom is 0.213 e. The van der Waals surface area contributed by atoms with Crippen LogP contribution in [0.4, 0.5) is 5.82 Å². The van der Waals surface area contributed by atoms with E-state index in [0.717, 1.165) is 41.0 Å². The summed E-state index contributed by atoms with van der Waals surface area (Å²) < 4.78 is 5.93. The summed E-state index contributed by atoms with van der Waals surface area (Å²) >= 11 is 0. The lowest BCUT2D eigenvalue weighted by molar-refractivity contribution is 0.201. The molecule has 28 heavy (non-hydrogen) atoms. The number of nitrogens with zero attached hydrogens (tertiary/aromatic N) is 4. The summed E-state index contributed by atoms with van der Waals surface area (Å²) in [6.07, 6.45) is 10.5. The van der Waals surface area contributed by atoms with Crippen LogP contribution in [0.5, 0.6) is 5.88 Å². The van der Waals surface area contributed by atoms with Gasteiger partial charge in [0.05, 0.1) is 0 Å². The fourth-order valence-electron chi connectivity index (χ4n) is 3.37. The molecule has 144 valence electrons. The minimum atomic E-state index is 0.328. The van der Waals surface area contributed by atoms with E-state index in [4.69, 9.17) is 9.72 Å². The number of hydrogen-bond acceptors (Lipinski definition) is 6. The van der Waals surface area contributed by atoms with E-state index in [0.29, 0.717) is 24.4 Å². The van der Waals surface area contributed by atoms with Crippen LogP contribution in [-0.4, -0.2) is 26.0 Å². The SMILES string of the molecule is Cc1nc(-c2cccnc2)nc(NCc2ccc(OC3CCCC3)nc2)c1C. The topological polar surface area (TPSA) is 72.8 Å². The Kier molecular flexibility index (Phi) is 5.46. The van der Waals surface area contributed by atoms with Gasteiger partial charge in [0.2, 0.25) is 5.88 Å². The molecule has 1 aliphatic carbocycles. The molecule has 1 fully saturated rings. The van der Waals surface area contributed by atoms with Crippen LogP contribution in [-0.2, 0) is 6.54 Å². The summed E-state index contributed by atoms with van der Waals surface area (Å²) in [5, 5.41) is 3.42. The monoisotopic (exact) mass is 375 g/mol. The van der Waals surface area contributed by atoms with Crippen LogP contribution in [0.2, 0.25) is 0 Å². The van der Waals surface area contributed by atoms with Crippen molar-refractivity contribution in [3.8, 4) is 17.3 Å². The number of aryl methyl sites for hydroxylation is 1. The second kappa shape index (κ2) is 8.33. The van der Waals surface area contributed by atoms with Gasteiger partial charge in [-0.3, -0.25) is 4.98 Å². The fourth-order valence-corrected chi connectivity index (χ4v) is 3.37. The van der Waals surface area contributed by atoms with E-state index in [2.05, 4.69) is 26.3 Å². The van der Waals surface area contributed by atoms with E-state index in [9.17, 15) is 0 Å². The predicted octanol–water partition coefficient (Wildman–Crippen LogP) is 4.48. The molecule has 0 saturated heterocycles. The van der Waals surface area contributed by atoms with Crippen molar-refractivity contribution in [2.75, 3.05) is 5.32 Å². The van der Waals surface area contributed by atoms with Crippen LogP contribution in [0.1, 0.15) is 42.5 Å². The summed E-state index contributed by atoms with van der Waals surface area (Å²) in [6, 6.07) is 7.86. The van der Waals surface area contributed by atoms with Crippen molar-refractivity contribution < 1.29 is 4.74 Å². The highest BCUT2D eigenvalue weighted by molar-refractivity contribution is 5.58. The molecule has 3 aromatic rings. The van der Waals surface area contributed by atoms with Gasteiger partial charge in [-0.2, -0.15) is 0 Å². The first kappa shape index (κ1) is 18.3. The molecule has 0 bridgehead atoms. The smallest absolute Gasteiger partial charge is 0.213 e. The molecule has 0 unspecified atom stereocenters. The largest absolute Gasteiger partial charge is 0.474 e. The molecule has 0 aliphatic heterocycles. The van der Waals surface area contributed by atoms with E-state index in [1.165, 1.54) is 12.8 Å². The standard InChI is InChI=1S/C22H25N5O/c1-15-16(2)26-22(18-6-5-11-23-14-18)27-21(15)25-13-17-9-10-20(24-12-17)28-19-7-3-4-8-19/h5-6,9-12,14,19H,3-4,7-8,13H2,1-2H3,(H,25,26,27). The number of hydrogen-bond donors (Lipinski definition) is 1. The van der Waals surface area contributed by atoms with Crippen molar-refractivity contribution in [2.45, 2.75) is 52.2 Å². The van der Waals surface area contributed by atoms with E-state index in [1.807, 2.05) is 38.2 Å². The lowest BCUT2D eigenvalue weighted by atomic mass is 10.2. The van der Waals surface area contributed by atoms with Gasteiger partial charge < -0.3 is 10.1 Å². The zero-order valence-corrected chi connectivity index (χ0v) is 16.4. The van der Waals surface area contributed by atoms with Crippen molar-refractivity contribution >= 4 is 5.82 Å². The van der Waals surface area contributed by atoms with Crippen molar-refractivity contribution in [3.63, 3.8) is 0 Å². The molecule has 0 atom stereocenters. The lowest BCUT2D eigenvalue weighted by Crippen LogP contribution is -2.12. The molecular weight excluding hydrogens is 350 g/mol. The van der Waals surface area contributed by atoms with Gasteiger partial charge in [-0.05, 0) is 57.2 Å². The number of rotatable bonds is 6. The molecule has 0 amide bonds. The summed E-state index contributed by atoms with van der Waals surface area (Å²) in [7, 11) is 0. The van der Waals surface area contributed by atoms with Gasteiger partial charge in [-0.15, -0.1) is 0 Å². The molecule has 1 saturated carbocycles. The Morgan fingerprint density at radius 2 is 1.93 bits per heavy atom. The van der Waals surface area contributed by atoms with Crippen LogP contribution in [0.15, 0.2) is 42.9 Å². The quantitative estimate of drug-likeness (QED) is 0.685. The third-order valence-corrected chi connectivity index (χ3v) is 5.16. The second-order valence-electron chi connectivity index (χ2n) is 7.23. The summed E-state index contributed by atoms with van der Waals surface area (Å²) in [6.45, 7) is 4.67. The highest BCUT2D eigenvalue weighted by atomic mass is 16.5. The Morgan fingerprint density at radius 3 is 2.64 bits per heavy atom. The van der Waals surface area contributed by atoms with E-state index >= 15 is 0 Å². The summed E-state index contributed by atoms with van der Waals surface area (Å²) in [5.74, 6) is 2.22. The van der Waals surface area contributed by atoms with E-state index in [-0.39, 0.29) is 0 Å². The Balaban J connectivity index is 1.44. The molecule has 6 heteroatoms. The lowest BCUT2D eigenvalue weighted by Gasteiger charge is -2.14. The fraction of sp³-hybridized carbons (Fsp3) is 0.364. The number of aromatic nitrogens is 4. The van der Waals surface area contributed by atoms with Crippen LogP contribution >= 0.6 is 0 Å². The van der Waals surface area contributed by atoms with Crippen LogP contribution in [0.3, 0.4) is 0 Å². The number of nitrogens with one attached hydrogen (secondary N) is 1. The zero-order valence-electron chi connectivity index (χ0n) is 16.4. The van der Waals surface area contributed by atoms with Crippen LogP contribution < -0.4 is 10.1 Å². The van der Waals surface area contributed by atoms with E-state index in [1.54, 1.807) is 12.4 Å². The second-order valence-corrected chi connectivity index (χ2v) is 7.23. The third kappa shape index (κ3) is 4.27. The maximum absolute atomic E-state index is 5.93. The minimum Gasteiger partial charge on any atom is -0.474 e. The average Bonchev–Trinajstić information content (AvgIpc) is 3.24. The first-order valence-electron chi connectivity index (χ1n) is 9.80. The first-order chi connectivity index (χ1) is 13.7.